The van der Waals surface area contributed by atoms with Crippen LogP contribution in [0.25, 0.3) is 5.69 Å². The van der Waals surface area contributed by atoms with Gasteiger partial charge in [0, 0.05) is 23.9 Å². The monoisotopic (exact) mass is 436 g/mol. The Bertz CT molecular complexity index is 1310. The van der Waals surface area contributed by atoms with Gasteiger partial charge in [-0.25, -0.2) is 14.1 Å². The summed E-state index contributed by atoms with van der Waals surface area (Å²) in [5.74, 6) is -0.358. The maximum Gasteiger partial charge on any atom is 0.270 e. The zero-order chi connectivity index (χ0) is 22.1. The first-order valence-electron chi connectivity index (χ1n) is 9.96. The van der Waals surface area contributed by atoms with Crippen LogP contribution in [0.3, 0.4) is 0 Å². The average Bonchev–Trinajstić information content (AvgIpc) is 3.16. The SMILES string of the molecule is Cc1cn(-c2ccc(Cc3cc(Cl)nn([C@@H](C)c4cccc(F)c4)c3=O)cc2C)cn1. The van der Waals surface area contributed by atoms with E-state index in [2.05, 4.69) is 16.1 Å². The third-order valence-electron chi connectivity index (χ3n) is 5.32. The summed E-state index contributed by atoms with van der Waals surface area (Å²) in [6.45, 7) is 5.77. The lowest BCUT2D eigenvalue weighted by molar-refractivity contribution is 0.523. The molecule has 0 bridgehead atoms. The van der Waals surface area contributed by atoms with Crippen molar-refractivity contribution in [2.75, 3.05) is 0 Å². The molecule has 7 heteroatoms. The summed E-state index contributed by atoms with van der Waals surface area (Å²) in [7, 11) is 0. The van der Waals surface area contributed by atoms with Crippen LogP contribution in [0.2, 0.25) is 5.15 Å². The normalized spacial score (nSPS) is 12.2. The molecule has 0 N–H and O–H groups in total. The molecule has 2 heterocycles. The minimum atomic E-state index is -0.450. The number of rotatable bonds is 5. The number of aryl methyl sites for hydroxylation is 2. The number of hydrogen-bond acceptors (Lipinski definition) is 3. The lowest BCUT2D eigenvalue weighted by Gasteiger charge is -2.16. The van der Waals surface area contributed by atoms with E-state index < -0.39 is 6.04 Å². The third-order valence-corrected chi connectivity index (χ3v) is 5.51. The van der Waals surface area contributed by atoms with Gasteiger partial charge in [0.15, 0.2) is 0 Å². The van der Waals surface area contributed by atoms with Gasteiger partial charge in [-0.05, 0) is 61.7 Å². The van der Waals surface area contributed by atoms with E-state index in [0.717, 1.165) is 22.5 Å². The standard InChI is InChI=1S/C24H22ClFN4O/c1-15-9-18(7-8-22(15)29-13-16(2)27-14-29)10-20-12-23(25)28-30(24(20)31)17(3)19-5-4-6-21(26)11-19/h4-9,11-14,17H,10H2,1-3H3/t17-/m0/s1. The molecule has 31 heavy (non-hydrogen) atoms. The van der Waals surface area contributed by atoms with Gasteiger partial charge in [-0.15, -0.1) is 0 Å². The summed E-state index contributed by atoms with van der Waals surface area (Å²) in [5, 5.41) is 4.41. The molecule has 0 aliphatic rings. The Balaban J connectivity index is 1.66. The molecule has 0 amide bonds. The third kappa shape index (κ3) is 4.44. The van der Waals surface area contributed by atoms with Crippen molar-refractivity contribution in [2.45, 2.75) is 33.2 Å². The molecule has 4 aromatic rings. The Hall–Kier alpha value is -3.25. The summed E-state index contributed by atoms with van der Waals surface area (Å²) in [5.41, 5.74) is 4.99. The first-order valence-corrected chi connectivity index (χ1v) is 10.3. The van der Waals surface area contributed by atoms with Gasteiger partial charge in [0.05, 0.1) is 18.1 Å². The molecule has 2 aromatic carbocycles. The molecular weight excluding hydrogens is 415 g/mol. The van der Waals surface area contributed by atoms with Gasteiger partial charge in [-0.2, -0.15) is 5.10 Å². The zero-order valence-electron chi connectivity index (χ0n) is 17.5. The Kier molecular flexibility index (Phi) is 5.74. The molecule has 4 rings (SSSR count). The van der Waals surface area contributed by atoms with Crippen molar-refractivity contribution in [3.8, 4) is 5.69 Å². The predicted molar refractivity (Wildman–Crippen MR) is 120 cm³/mol. The molecule has 0 saturated heterocycles. The van der Waals surface area contributed by atoms with Gasteiger partial charge in [0.2, 0.25) is 0 Å². The van der Waals surface area contributed by atoms with Crippen molar-refractivity contribution in [3.63, 3.8) is 0 Å². The van der Waals surface area contributed by atoms with E-state index in [0.29, 0.717) is 17.5 Å². The van der Waals surface area contributed by atoms with Crippen molar-refractivity contribution >= 4 is 11.6 Å². The molecule has 158 valence electrons. The fourth-order valence-electron chi connectivity index (χ4n) is 3.72. The van der Waals surface area contributed by atoms with Gasteiger partial charge in [0.1, 0.15) is 11.0 Å². The highest BCUT2D eigenvalue weighted by Gasteiger charge is 2.16. The lowest BCUT2D eigenvalue weighted by atomic mass is 10.0. The summed E-state index contributed by atoms with van der Waals surface area (Å²) in [4.78, 5) is 17.4. The van der Waals surface area contributed by atoms with Gasteiger partial charge in [-0.1, -0.05) is 35.9 Å². The zero-order valence-corrected chi connectivity index (χ0v) is 18.3. The van der Waals surface area contributed by atoms with E-state index in [1.165, 1.54) is 16.8 Å². The van der Waals surface area contributed by atoms with E-state index in [4.69, 9.17) is 11.6 Å². The van der Waals surface area contributed by atoms with Gasteiger partial charge in [0.25, 0.3) is 5.56 Å². The first-order chi connectivity index (χ1) is 14.8. The van der Waals surface area contributed by atoms with Crippen molar-refractivity contribution in [1.82, 2.24) is 19.3 Å². The molecule has 0 fully saturated rings. The van der Waals surface area contributed by atoms with Gasteiger partial charge < -0.3 is 4.57 Å². The second kappa shape index (κ2) is 8.47. The Morgan fingerprint density at radius 2 is 1.94 bits per heavy atom. The minimum Gasteiger partial charge on any atom is -0.306 e. The molecule has 5 nitrogen and oxygen atoms in total. The molecule has 0 saturated carbocycles. The highest BCUT2D eigenvalue weighted by Crippen LogP contribution is 2.20. The average molecular weight is 437 g/mol. The Morgan fingerprint density at radius 3 is 2.61 bits per heavy atom. The van der Waals surface area contributed by atoms with E-state index in [1.807, 2.05) is 36.7 Å². The summed E-state index contributed by atoms with van der Waals surface area (Å²) < 4.78 is 16.9. The van der Waals surface area contributed by atoms with Crippen LogP contribution in [0.5, 0.6) is 0 Å². The van der Waals surface area contributed by atoms with E-state index in [1.54, 1.807) is 31.5 Å². The van der Waals surface area contributed by atoms with Gasteiger partial charge >= 0.3 is 0 Å². The highest BCUT2D eigenvalue weighted by atomic mass is 35.5. The Morgan fingerprint density at radius 1 is 1.13 bits per heavy atom. The largest absolute Gasteiger partial charge is 0.306 e. The summed E-state index contributed by atoms with van der Waals surface area (Å²) >= 11 is 6.23. The lowest BCUT2D eigenvalue weighted by Crippen LogP contribution is -2.29. The van der Waals surface area contributed by atoms with Crippen molar-refractivity contribution in [1.29, 1.82) is 0 Å². The molecule has 1 atom stereocenters. The maximum absolute atomic E-state index is 13.6. The van der Waals surface area contributed by atoms with Crippen LogP contribution >= 0.6 is 11.6 Å². The highest BCUT2D eigenvalue weighted by molar-refractivity contribution is 6.29. The minimum absolute atomic E-state index is 0.222. The van der Waals surface area contributed by atoms with Gasteiger partial charge in [-0.3, -0.25) is 4.79 Å². The fourth-order valence-corrected chi connectivity index (χ4v) is 3.93. The van der Waals surface area contributed by atoms with Crippen LogP contribution in [0.15, 0.2) is 65.8 Å². The Labute approximate surface area is 184 Å². The molecule has 0 aliphatic heterocycles. The first kappa shape index (κ1) is 21.0. The molecule has 0 radical (unpaired) electrons. The van der Waals surface area contributed by atoms with Crippen molar-refractivity contribution < 1.29 is 4.39 Å². The van der Waals surface area contributed by atoms with Crippen LogP contribution in [0, 0.1) is 19.7 Å². The van der Waals surface area contributed by atoms with Crippen LogP contribution in [-0.2, 0) is 6.42 Å². The number of benzene rings is 2. The smallest absolute Gasteiger partial charge is 0.270 e. The number of imidazole rings is 1. The summed E-state index contributed by atoms with van der Waals surface area (Å²) in [6, 6.07) is 13.4. The molecule has 2 aromatic heterocycles. The number of hydrogen-bond donors (Lipinski definition) is 0. The van der Waals surface area contributed by atoms with Crippen LogP contribution in [0.4, 0.5) is 4.39 Å². The number of aromatic nitrogens is 4. The van der Waals surface area contributed by atoms with Crippen LogP contribution in [0.1, 0.15) is 40.9 Å². The second-order valence-electron chi connectivity index (χ2n) is 7.69. The molecule has 0 aliphatic carbocycles. The van der Waals surface area contributed by atoms with Crippen molar-refractivity contribution in [3.05, 3.63) is 110 Å². The number of halogens is 2. The number of nitrogens with zero attached hydrogens (tertiary/aromatic N) is 4. The maximum atomic E-state index is 13.6. The fraction of sp³-hybridized carbons (Fsp3) is 0.208. The second-order valence-corrected chi connectivity index (χ2v) is 8.08. The predicted octanol–water partition coefficient (Wildman–Crippen LogP) is 5.04. The van der Waals surface area contributed by atoms with Crippen molar-refractivity contribution in [2.24, 2.45) is 0 Å². The van der Waals surface area contributed by atoms with E-state index >= 15 is 0 Å². The quantitative estimate of drug-likeness (QED) is 0.440. The topological polar surface area (TPSA) is 52.7 Å². The van der Waals surface area contributed by atoms with Crippen LogP contribution < -0.4 is 5.56 Å². The van der Waals surface area contributed by atoms with Crippen LogP contribution in [-0.4, -0.2) is 19.3 Å². The van der Waals surface area contributed by atoms with E-state index in [-0.39, 0.29) is 16.5 Å². The molecule has 0 spiro atoms. The summed E-state index contributed by atoms with van der Waals surface area (Å²) in [6.07, 6.45) is 4.17. The molecule has 0 unspecified atom stereocenters. The molecular formula is C24H22ClFN4O. The van der Waals surface area contributed by atoms with E-state index in [9.17, 15) is 9.18 Å².